The van der Waals surface area contributed by atoms with Crippen molar-refractivity contribution in [2.75, 3.05) is 25.4 Å². The Kier molecular flexibility index (Phi) is 6.12. The number of carbonyl (C=O) groups is 1. The zero-order chi connectivity index (χ0) is 16.8. The van der Waals surface area contributed by atoms with Gasteiger partial charge in [-0.15, -0.1) is 11.8 Å². The minimum Gasteiger partial charge on any atom is -0.332 e. The lowest BCUT2D eigenvalue weighted by atomic mass is 10.0. The third-order valence-electron chi connectivity index (χ3n) is 4.03. The van der Waals surface area contributed by atoms with Gasteiger partial charge in [0.1, 0.15) is 0 Å². The first-order chi connectivity index (χ1) is 11.8. The molecule has 1 aromatic heterocycles. The number of aromatic nitrogens is 1. The van der Waals surface area contributed by atoms with Gasteiger partial charge < -0.3 is 10.2 Å². The second kappa shape index (κ2) is 8.51. The standard InChI is InChI=1S/C18H20ClN3OS/c19-16-7-2-1-6-15(16)17-11-20-9-10-22(17)18(23)13-24-12-14-5-3-4-8-21-14/h1-8,17,20H,9-13H2. The van der Waals surface area contributed by atoms with Gasteiger partial charge in [0, 0.05) is 36.6 Å². The summed E-state index contributed by atoms with van der Waals surface area (Å²) in [5, 5.41) is 4.07. The van der Waals surface area contributed by atoms with E-state index in [0.717, 1.165) is 30.1 Å². The molecule has 0 spiro atoms. The van der Waals surface area contributed by atoms with Crippen molar-refractivity contribution in [3.05, 3.63) is 64.9 Å². The number of nitrogens with one attached hydrogen (secondary N) is 1. The zero-order valence-corrected chi connectivity index (χ0v) is 14.9. The van der Waals surface area contributed by atoms with Gasteiger partial charge in [-0.2, -0.15) is 0 Å². The molecule has 2 heterocycles. The molecule has 1 fully saturated rings. The quantitative estimate of drug-likeness (QED) is 0.888. The van der Waals surface area contributed by atoms with Crippen LogP contribution in [-0.4, -0.2) is 41.2 Å². The van der Waals surface area contributed by atoms with Gasteiger partial charge in [-0.1, -0.05) is 35.9 Å². The molecule has 126 valence electrons. The SMILES string of the molecule is O=C(CSCc1ccccn1)N1CCNCC1c1ccccc1Cl. The molecule has 6 heteroatoms. The maximum Gasteiger partial charge on any atom is 0.233 e. The Morgan fingerprint density at radius 3 is 2.92 bits per heavy atom. The average Bonchev–Trinajstić information content (AvgIpc) is 2.63. The number of thioether (sulfide) groups is 1. The molecule has 1 aliphatic rings. The highest BCUT2D eigenvalue weighted by atomic mass is 35.5. The molecular weight excluding hydrogens is 342 g/mol. The van der Waals surface area contributed by atoms with E-state index in [1.807, 2.05) is 47.4 Å². The average molecular weight is 362 g/mol. The predicted molar refractivity (Wildman–Crippen MR) is 99.2 cm³/mol. The van der Waals surface area contributed by atoms with Gasteiger partial charge in [-0.3, -0.25) is 9.78 Å². The van der Waals surface area contributed by atoms with E-state index in [4.69, 9.17) is 11.6 Å². The summed E-state index contributed by atoms with van der Waals surface area (Å²) in [5.74, 6) is 1.36. The molecule has 0 radical (unpaired) electrons. The van der Waals surface area contributed by atoms with Crippen LogP contribution in [0.1, 0.15) is 17.3 Å². The van der Waals surface area contributed by atoms with Crippen molar-refractivity contribution >= 4 is 29.3 Å². The van der Waals surface area contributed by atoms with Crippen molar-refractivity contribution in [1.29, 1.82) is 0 Å². The van der Waals surface area contributed by atoms with Crippen LogP contribution < -0.4 is 5.32 Å². The molecule has 0 aliphatic carbocycles. The lowest BCUT2D eigenvalue weighted by Gasteiger charge is -2.37. The maximum absolute atomic E-state index is 12.7. The Morgan fingerprint density at radius 1 is 1.29 bits per heavy atom. The van der Waals surface area contributed by atoms with Crippen LogP contribution in [0.15, 0.2) is 48.7 Å². The first-order valence-corrected chi connectivity index (χ1v) is 9.51. The van der Waals surface area contributed by atoms with Crippen LogP contribution in [0, 0.1) is 0 Å². The third-order valence-corrected chi connectivity index (χ3v) is 5.32. The number of amides is 1. The molecule has 24 heavy (non-hydrogen) atoms. The second-order valence-electron chi connectivity index (χ2n) is 5.64. The van der Waals surface area contributed by atoms with Crippen molar-refractivity contribution in [2.45, 2.75) is 11.8 Å². The summed E-state index contributed by atoms with van der Waals surface area (Å²) in [6, 6.07) is 13.6. The molecule has 1 amide bonds. The summed E-state index contributed by atoms with van der Waals surface area (Å²) in [6.07, 6.45) is 1.78. The third kappa shape index (κ3) is 4.29. The van der Waals surface area contributed by atoms with Crippen LogP contribution in [0.25, 0.3) is 0 Å². The van der Waals surface area contributed by atoms with E-state index in [0.29, 0.717) is 17.3 Å². The molecule has 3 rings (SSSR count). The highest BCUT2D eigenvalue weighted by Gasteiger charge is 2.28. The van der Waals surface area contributed by atoms with Crippen LogP contribution in [-0.2, 0) is 10.5 Å². The topological polar surface area (TPSA) is 45.2 Å². The molecule has 4 nitrogen and oxygen atoms in total. The maximum atomic E-state index is 12.7. The van der Waals surface area contributed by atoms with Gasteiger partial charge in [-0.25, -0.2) is 0 Å². The first kappa shape index (κ1) is 17.3. The largest absolute Gasteiger partial charge is 0.332 e. The van der Waals surface area contributed by atoms with Gasteiger partial charge in [-0.05, 0) is 23.8 Å². The summed E-state index contributed by atoms with van der Waals surface area (Å²) in [4.78, 5) is 18.9. The highest BCUT2D eigenvalue weighted by molar-refractivity contribution is 7.99. The van der Waals surface area contributed by atoms with E-state index in [1.165, 1.54) is 0 Å². The molecule has 1 unspecified atom stereocenters. The summed E-state index contributed by atoms with van der Waals surface area (Å²) < 4.78 is 0. The van der Waals surface area contributed by atoms with Gasteiger partial charge in [0.15, 0.2) is 0 Å². The molecule has 1 saturated heterocycles. The summed E-state index contributed by atoms with van der Waals surface area (Å²) in [7, 11) is 0. The Hall–Kier alpha value is -1.56. The van der Waals surface area contributed by atoms with Gasteiger partial charge in [0.05, 0.1) is 17.5 Å². The predicted octanol–water partition coefficient (Wildman–Crippen LogP) is 3.14. The highest BCUT2D eigenvalue weighted by Crippen LogP contribution is 2.29. The minimum atomic E-state index is -0.00426. The Labute approximate surface area is 151 Å². The van der Waals surface area contributed by atoms with Crippen molar-refractivity contribution in [3.8, 4) is 0 Å². The van der Waals surface area contributed by atoms with E-state index < -0.39 is 0 Å². The summed E-state index contributed by atoms with van der Waals surface area (Å²) >= 11 is 7.94. The molecule has 1 N–H and O–H groups in total. The van der Waals surface area contributed by atoms with Gasteiger partial charge in [0.25, 0.3) is 0 Å². The lowest BCUT2D eigenvalue weighted by Crippen LogP contribution is -2.49. The minimum absolute atomic E-state index is 0.00426. The van der Waals surface area contributed by atoms with E-state index in [1.54, 1.807) is 18.0 Å². The Balaban J connectivity index is 1.62. The van der Waals surface area contributed by atoms with Crippen LogP contribution >= 0.6 is 23.4 Å². The normalized spacial score (nSPS) is 17.7. The number of hydrogen-bond donors (Lipinski definition) is 1. The van der Waals surface area contributed by atoms with Crippen LogP contribution in [0.4, 0.5) is 0 Å². The number of hydrogen-bond acceptors (Lipinski definition) is 4. The van der Waals surface area contributed by atoms with Crippen LogP contribution in [0.3, 0.4) is 0 Å². The van der Waals surface area contributed by atoms with Gasteiger partial charge in [0.2, 0.25) is 5.91 Å². The number of piperazine rings is 1. The Morgan fingerprint density at radius 2 is 2.12 bits per heavy atom. The summed E-state index contributed by atoms with van der Waals surface area (Å²) in [5.41, 5.74) is 2.01. The van der Waals surface area contributed by atoms with Crippen molar-refractivity contribution in [1.82, 2.24) is 15.2 Å². The zero-order valence-electron chi connectivity index (χ0n) is 13.3. The van der Waals surface area contributed by atoms with E-state index in [9.17, 15) is 4.79 Å². The van der Waals surface area contributed by atoms with Crippen LogP contribution in [0.2, 0.25) is 5.02 Å². The number of nitrogens with zero attached hydrogens (tertiary/aromatic N) is 2. The fourth-order valence-electron chi connectivity index (χ4n) is 2.84. The first-order valence-electron chi connectivity index (χ1n) is 7.98. The molecule has 2 aromatic rings. The molecule has 1 atom stereocenters. The van der Waals surface area contributed by atoms with Crippen LogP contribution in [0.5, 0.6) is 0 Å². The fourth-order valence-corrected chi connectivity index (χ4v) is 3.92. The fraction of sp³-hybridized carbons (Fsp3) is 0.333. The Bertz CT molecular complexity index is 683. The molecular formula is C18H20ClN3OS. The lowest BCUT2D eigenvalue weighted by molar-refractivity contribution is -0.131. The number of pyridine rings is 1. The molecule has 1 aromatic carbocycles. The number of carbonyl (C=O) groups excluding carboxylic acids is 1. The number of rotatable bonds is 5. The number of halogens is 1. The number of benzene rings is 1. The molecule has 0 bridgehead atoms. The van der Waals surface area contributed by atoms with Gasteiger partial charge >= 0.3 is 0 Å². The monoisotopic (exact) mass is 361 g/mol. The van der Waals surface area contributed by atoms with E-state index in [-0.39, 0.29) is 11.9 Å². The van der Waals surface area contributed by atoms with Crippen molar-refractivity contribution < 1.29 is 4.79 Å². The molecule has 1 aliphatic heterocycles. The van der Waals surface area contributed by atoms with E-state index in [2.05, 4.69) is 10.3 Å². The summed E-state index contributed by atoms with van der Waals surface area (Å²) in [6.45, 7) is 2.26. The second-order valence-corrected chi connectivity index (χ2v) is 7.04. The van der Waals surface area contributed by atoms with E-state index >= 15 is 0 Å². The molecule has 0 saturated carbocycles. The smallest absolute Gasteiger partial charge is 0.233 e. The van der Waals surface area contributed by atoms with Crippen molar-refractivity contribution in [3.63, 3.8) is 0 Å². The van der Waals surface area contributed by atoms with Crippen molar-refractivity contribution in [2.24, 2.45) is 0 Å².